The van der Waals surface area contributed by atoms with Gasteiger partial charge in [0.2, 0.25) is 0 Å². The van der Waals surface area contributed by atoms with Crippen LogP contribution in [0.5, 0.6) is 0 Å². The largest absolute Gasteiger partial charge is 0.228 e. The molecule has 2 nitrogen and oxygen atoms in total. The monoisotopic (exact) mass is 726 g/mol. The highest BCUT2D eigenvalue weighted by molar-refractivity contribution is 6.02. The minimum atomic E-state index is -0.143. The molecule has 10 aromatic rings. The summed E-state index contributed by atoms with van der Waals surface area (Å²) in [6.07, 6.45) is 0. The molecule has 0 spiro atoms. The standard InChI is InChI=1S/C55H38N2/c1-55(2)49-25-13-24-47(53(49)48-32-37-17-6-7-18-38(37)33-50(48)55)52-34-51(56-54(57-52)36-15-4-3-5-16-36)42-29-27-39-30-41(28-26-40(39)31-42)44-21-10-11-22-45(44)46-23-12-19-35-14-8-9-20-43(35)46/h3-34H,1-2H3. The van der Waals surface area contributed by atoms with E-state index >= 15 is 0 Å². The molecule has 9 aromatic carbocycles. The van der Waals surface area contributed by atoms with Crippen LogP contribution in [0.4, 0.5) is 0 Å². The minimum Gasteiger partial charge on any atom is -0.228 e. The molecule has 0 atom stereocenters. The third kappa shape index (κ3) is 5.48. The molecule has 2 heteroatoms. The summed E-state index contributed by atoms with van der Waals surface area (Å²) in [5.74, 6) is 0.720. The van der Waals surface area contributed by atoms with Crippen LogP contribution in [0, 0.1) is 0 Å². The first-order valence-electron chi connectivity index (χ1n) is 19.7. The number of hydrogen-bond acceptors (Lipinski definition) is 2. The van der Waals surface area contributed by atoms with Gasteiger partial charge in [-0.25, -0.2) is 9.97 Å². The molecule has 0 aliphatic heterocycles. The predicted molar refractivity (Wildman–Crippen MR) is 239 cm³/mol. The van der Waals surface area contributed by atoms with E-state index in [1.54, 1.807) is 0 Å². The van der Waals surface area contributed by atoms with Gasteiger partial charge in [-0.3, -0.25) is 0 Å². The number of benzene rings is 9. The Morgan fingerprint density at radius 3 is 1.74 bits per heavy atom. The van der Waals surface area contributed by atoms with Crippen molar-refractivity contribution < 1.29 is 0 Å². The molecule has 0 saturated heterocycles. The summed E-state index contributed by atoms with van der Waals surface area (Å²) in [5, 5.41) is 7.39. The van der Waals surface area contributed by atoms with Gasteiger partial charge in [0.1, 0.15) is 0 Å². The zero-order chi connectivity index (χ0) is 38.1. The van der Waals surface area contributed by atoms with E-state index in [0.717, 1.165) is 33.9 Å². The zero-order valence-electron chi connectivity index (χ0n) is 31.9. The molecule has 0 saturated carbocycles. The molecule has 1 aliphatic rings. The van der Waals surface area contributed by atoms with E-state index in [9.17, 15) is 0 Å². The van der Waals surface area contributed by atoms with Crippen molar-refractivity contribution in [3.8, 4) is 67.3 Å². The van der Waals surface area contributed by atoms with Crippen LogP contribution < -0.4 is 0 Å². The first-order chi connectivity index (χ1) is 28.0. The van der Waals surface area contributed by atoms with Gasteiger partial charge in [0, 0.05) is 22.1 Å². The van der Waals surface area contributed by atoms with E-state index in [1.165, 1.54) is 76.8 Å². The lowest BCUT2D eigenvalue weighted by atomic mass is 9.81. The van der Waals surface area contributed by atoms with E-state index < -0.39 is 0 Å². The minimum absolute atomic E-state index is 0.143. The van der Waals surface area contributed by atoms with Crippen LogP contribution in [-0.4, -0.2) is 9.97 Å². The Bertz CT molecular complexity index is 3210. The summed E-state index contributed by atoms with van der Waals surface area (Å²) in [7, 11) is 0. The first-order valence-corrected chi connectivity index (χ1v) is 19.7. The Hall–Kier alpha value is -7.16. The Morgan fingerprint density at radius 1 is 0.333 bits per heavy atom. The number of rotatable bonds is 5. The quantitative estimate of drug-likeness (QED) is 0.176. The van der Waals surface area contributed by atoms with Crippen molar-refractivity contribution >= 4 is 32.3 Å². The highest BCUT2D eigenvalue weighted by atomic mass is 14.9. The average Bonchev–Trinajstić information content (AvgIpc) is 3.50. The van der Waals surface area contributed by atoms with Gasteiger partial charge >= 0.3 is 0 Å². The van der Waals surface area contributed by atoms with Crippen molar-refractivity contribution in [1.82, 2.24) is 9.97 Å². The number of nitrogens with zero attached hydrogens (tertiary/aromatic N) is 2. The third-order valence-electron chi connectivity index (χ3n) is 12.1. The Morgan fingerprint density at radius 2 is 0.912 bits per heavy atom. The molecular formula is C55H38N2. The maximum Gasteiger partial charge on any atom is 0.160 e. The Kier molecular flexibility index (Phi) is 7.55. The molecular weight excluding hydrogens is 689 g/mol. The van der Waals surface area contributed by atoms with Crippen molar-refractivity contribution in [2.75, 3.05) is 0 Å². The molecule has 0 bridgehead atoms. The third-order valence-corrected chi connectivity index (χ3v) is 12.1. The smallest absolute Gasteiger partial charge is 0.160 e. The maximum atomic E-state index is 5.31. The zero-order valence-corrected chi connectivity index (χ0v) is 31.9. The van der Waals surface area contributed by atoms with Crippen LogP contribution in [0.2, 0.25) is 0 Å². The molecule has 0 N–H and O–H groups in total. The average molecular weight is 727 g/mol. The summed E-state index contributed by atoms with van der Waals surface area (Å²) >= 11 is 0. The first kappa shape index (κ1) is 33.2. The van der Waals surface area contributed by atoms with Crippen molar-refractivity contribution in [1.29, 1.82) is 0 Å². The summed E-state index contributed by atoms with van der Waals surface area (Å²) < 4.78 is 0. The fourth-order valence-corrected chi connectivity index (χ4v) is 9.14. The SMILES string of the molecule is CC1(C)c2cc3ccccc3cc2-c2c(-c3cc(-c4ccc5cc(-c6ccccc6-c6cccc7ccccc67)ccc5c4)nc(-c4ccccc4)n3)cccc21. The molecule has 1 aromatic heterocycles. The lowest BCUT2D eigenvalue weighted by Gasteiger charge is -2.22. The van der Waals surface area contributed by atoms with E-state index in [-0.39, 0.29) is 5.41 Å². The highest BCUT2D eigenvalue weighted by Gasteiger charge is 2.37. The molecule has 268 valence electrons. The van der Waals surface area contributed by atoms with Gasteiger partial charge in [-0.05, 0) is 107 Å². The lowest BCUT2D eigenvalue weighted by molar-refractivity contribution is 0.661. The fourth-order valence-electron chi connectivity index (χ4n) is 9.14. The molecule has 11 rings (SSSR count). The second-order valence-electron chi connectivity index (χ2n) is 15.8. The normalized spacial score (nSPS) is 12.9. The topological polar surface area (TPSA) is 25.8 Å². The summed E-state index contributed by atoms with van der Waals surface area (Å²) in [6.45, 7) is 4.69. The summed E-state index contributed by atoms with van der Waals surface area (Å²) in [4.78, 5) is 10.5. The van der Waals surface area contributed by atoms with Crippen LogP contribution >= 0.6 is 0 Å². The maximum absolute atomic E-state index is 5.31. The molecule has 0 amide bonds. The van der Waals surface area contributed by atoms with E-state index in [1.807, 2.05) is 6.07 Å². The Labute approximate surface area is 332 Å². The van der Waals surface area contributed by atoms with Gasteiger partial charge in [0.25, 0.3) is 0 Å². The fraction of sp³-hybridized carbons (Fsp3) is 0.0545. The molecule has 0 radical (unpaired) electrons. The van der Waals surface area contributed by atoms with Crippen molar-refractivity contribution in [2.24, 2.45) is 0 Å². The van der Waals surface area contributed by atoms with Gasteiger partial charge in [-0.1, -0.05) is 178 Å². The summed E-state index contributed by atoms with van der Waals surface area (Å²) in [6, 6.07) is 70.2. The number of hydrogen-bond donors (Lipinski definition) is 0. The molecule has 57 heavy (non-hydrogen) atoms. The van der Waals surface area contributed by atoms with Gasteiger partial charge in [0.15, 0.2) is 5.82 Å². The summed E-state index contributed by atoms with van der Waals surface area (Å²) in [5.41, 5.74) is 15.0. The molecule has 1 aliphatic carbocycles. The van der Waals surface area contributed by atoms with Crippen molar-refractivity contribution in [3.63, 3.8) is 0 Å². The molecule has 1 heterocycles. The van der Waals surface area contributed by atoms with Crippen LogP contribution in [0.3, 0.4) is 0 Å². The van der Waals surface area contributed by atoms with Crippen LogP contribution in [-0.2, 0) is 5.41 Å². The van der Waals surface area contributed by atoms with Crippen LogP contribution in [0.25, 0.3) is 99.6 Å². The lowest BCUT2D eigenvalue weighted by Crippen LogP contribution is -2.14. The van der Waals surface area contributed by atoms with Gasteiger partial charge in [-0.15, -0.1) is 0 Å². The second-order valence-corrected chi connectivity index (χ2v) is 15.8. The highest BCUT2D eigenvalue weighted by Crippen LogP contribution is 2.53. The van der Waals surface area contributed by atoms with Crippen LogP contribution in [0.1, 0.15) is 25.0 Å². The van der Waals surface area contributed by atoms with E-state index in [4.69, 9.17) is 9.97 Å². The predicted octanol–water partition coefficient (Wildman–Crippen LogP) is 14.6. The molecule has 0 fully saturated rings. The second kappa shape index (κ2) is 13.0. The van der Waals surface area contributed by atoms with E-state index in [2.05, 4.69) is 202 Å². The van der Waals surface area contributed by atoms with Gasteiger partial charge in [0.05, 0.1) is 11.4 Å². The van der Waals surface area contributed by atoms with E-state index in [0.29, 0.717) is 0 Å². The number of fused-ring (bicyclic) bond motifs is 6. The molecule has 0 unspecified atom stereocenters. The Balaban J connectivity index is 1.04. The number of aromatic nitrogens is 2. The van der Waals surface area contributed by atoms with Crippen LogP contribution in [0.15, 0.2) is 194 Å². The van der Waals surface area contributed by atoms with Gasteiger partial charge in [-0.2, -0.15) is 0 Å². The van der Waals surface area contributed by atoms with Gasteiger partial charge < -0.3 is 0 Å². The van der Waals surface area contributed by atoms with Crippen molar-refractivity contribution in [2.45, 2.75) is 19.3 Å². The van der Waals surface area contributed by atoms with Crippen molar-refractivity contribution in [3.05, 3.63) is 205 Å².